The number of rotatable bonds is 7. The van der Waals surface area contributed by atoms with Gasteiger partial charge in [-0.1, -0.05) is 160 Å². The maximum absolute atomic E-state index is 6.55. The molecular weight excluding hydrogens is 763 g/mol. The number of hydrogen-bond donors (Lipinski definition) is 0. The van der Waals surface area contributed by atoms with Crippen LogP contribution < -0.4 is 4.90 Å². The molecule has 1 saturated carbocycles. The smallest absolute Gasteiger partial charge is 0.136 e. The van der Waals surface area contributed by atoms with Crippen molar-refractivity contribution in [3.63, 3.8) is 0 Å². The molecule has 0 amide bonds. The number of furan rings is 1. The van der Waals surface area contributed by atoms with Crippen LogP contribution in [0.1, 0.15) is 69.1 Å². The summed E-state index contributed by atoms with van der Waals surface area (Å²) in [4.78, 5) is 2.42. The third kappa shape index (κ3) is 6.46. The Bertz CT molecular complexity index is 3210. The highest BCUT2D eigenvalue weighted by molar-refractivity contribution is 6.12. The van der Waals surface area contributed by atoms with Gasteiger partial charge in [0.2, 0.25) is 0 Å². The van der Waals surface area contributed by atoms with Crippen LogP contribution >= 0.6 is 0 Å². The Morgan fingerprint density at radius 1 is 0.508 bits per heavy atom. The molecule has 3 aliphatic rings. The van der Waals surface area contributed by atoms with Crippen molar-refractivity contribution in [2.24, 2.45) is 11.8 Å². The van der Waals surface area contributed by atoms with E-state index in [9.17, 15) is 0 Å². The molecular formula is C61H51NO. The summed E-state index contributed by atoms with van der Waals surface area (Å²) < 4.78 is 6.55. The van der Waals surface area contributed by atoms with Crippen LogP contribution in [-0.2, 0) is 5.41 Å². The molecule has 9 aromatic rings. The second-order valence-corrected chi connectivity index (χ2v) is 19.0. The summed E-state index contributed by atoms with van der Waals surface area (Å²) in [6.07, 6.45) is 7.64. The van der Waals surface area contributed by atoms with Crippen molar-refractivity contribution in [2.75, 3.05) is 4.90 Å². The first-order valence-corrected chi connectivity index (χ1v) is 22.9. The van der Waals surface area contributed by atoms with Crippen molar-refractivity contribution in [1.82, 2.24) is 0 Å². The summed E-state index contributed by atoms with van der Waals surface area (Å²) in [6.45, 7) is 7.15. The number of fused-ring (bicyclic) bond motifs is 8. The molecule has 1 aromatic heterocycles. The third-order valence-electron chi connectivity index (χ3n) is 14.6. The van der Waals surface area contributed by atoms with Gasteiger partial charge in [-0.3, -0.25) is 0 Å². The molecule has 2 heteroatoms. The van der Waals surface area contributed by atoms with Crippen LogP contribution in [0.5, 0.6) is 0 Å². The van der Waals surface area contributed by atoms with Gasteiger partial charge in [0, 0.05) is 33.2 Å². The lowest BCUT2D eigenvalue weighted by atomic mass is 9.69. The zero-order valence-corrected chi connectivity index (χ0v) is 36.3. The Balaban J connectivity index is 0.948. The molecule has 2 bridgehead atoms. The molecule has 0 saturated heterocycles. The molecule has 0 spiro atoms. The minimum atomic E-state index is -0.171. The van der Waals surface area contributed by atoms with Gasteiger partial charge in [0.25, 0.3) is 0 Å². The van der Waals surface area contributed by atoms with Crippen LogP contribution in [0.2, 0.25) is 0 Å². The maximum Gasteiger partial charge on any atom is 0.136 e. The second-order valence-electron chi connectivity index (χ2n) is 19.0. The quantitative estimate of drug-likeness (QED) is 0.149. The molecule has 12 rings (SSSR count). The molecule has 3 unspecified atom stereocenters. The van der Waals surface area contributed by atoms with E-state index in [1.807, 2.05) is 0 Å². The van der Waals surface area contributed by atoms with E-state index in [2.05, 4.69) is 214 Å². The summed E-state index contributed by atoms with van der Waals surface area (Å²) >= 11 is 0. The monoisotopic (exact) mass is 813 g/mol. The maximum atomic E-state index is 6.55. The molecule has 3 aliphatic carbocycles. The molecule has 8 aromatic carbocycles. The van der Waals surface area contributed by atoms with Crippen molar-refractivity contribution >= 4 is 39.0 Å². The summed E-state index contributed by atoms with van der Waals surface area (Å²) in [6, 6.07) is 67.2. The van der Waals surface area contributed by atoms with Crippen LogP contribution in [0.4, 0.5) is 17.1 Å². The SMILES string of the molecule is CC1C=C2CC(C1)CC(c1ccc3oc4cccc(-c5ccc(N(c6ccc(-c7ccccc7)cc6)c6ccc7c(c6)C(C)(C)c6cccc(-c8ccccc8)c6-7)cc5)c4c3c1)C2. The van der Waals surface area contributed by atoms with E-state index in [1.165, 1.54) is 97.7 Å². The van der Waals surface area contributed by atoms with E-state index in [-0.39, 0.29) is 5.41 Å². The fourth-order valence-corrected chi connectivity index (χ4v) is 11.7. The molecule has 0 N–H and O–H groups in total. The van der Waals surface area contributed by atoms with Crippen molar-refractivity contribution in [1.29, 1.82) is 0 Å². The van der Waals surface area contributed by atoms with Gasteiger partial charge in [-0.15, -0.1) is 0 Å². The van der Waals surface area contributed by atoms with Crippen molar-refractivity contribution < 1.29 is 4.42 Å². The number of anilines is 3. The van der Waals surface area contributed by atoms with Crippen LogP contribution in [0.25, 0.3) is 66.4 Å². The predicted octanol–water partition coefficient (Wildman–Crippen LogP) is 17.2. The fourth-order valence-electron chi connectivity index (χ4n) is 11.7. The van der Waals surface area contributed by atoms with Crippen molar-refractivity contribution in [3.05, 3.63) is 210 Å². The molecule has 1 heterocycles. The first-order chi connectivity index (χ1) is 30.9. The minimum absolute atomic E-state index is 0.171. The van der Waals surface area contributed by atoms with Crippen LogP contribution in [0.15, 0.2) is 198 Å². The first-order valence-electron chi connectivity index (χ1n) is 22.9. The average Bonchev–Trinajstić information content (AvgIpc) is 3.81. The van der Waals surface area contributed by atoms with E-state index in [0.717, 1.165) is 34.1 Å². The van der Waals surface area contributed by atoms with Gasteiger partial charge in [-0.05, 0) is 159 Å². The number of hydrogen-bond acceptors (Lipinski definition) is 2. The summed E-state index contributed by atoms with van der Waals surface area (Å²) in [7, 11) is 0. The lowest BCUT2D eigenvalue weighted by Crippen LogP contribution is -2.22. The predicted molar refractivity (Wildman–Crippen MR) is 264 cm³/mol. The molecule has 2 nitrogen and oxygen atoms in total. The van der Waals surface area contributed by atoms with E-state index < -0.39 is 0 Å². The highest BCUT2D eigenvalue weighted by atomic mass is 16.3. The first kappa shape index (κ1) is 37.8. The van der Waals surface area contributed by atoms with Gasteiger partial charge in [0.05, 0.1) is 0 Å². The van der Waals surface area contributed by atoms with Crippen LogP contribution in [-0.4, -0.2) is 0 Å². The van der Waals surface area contributed by atoms with Gasteiger partial charge in [-0.2, -0.15) is 0 Å². The van der Waals surface area contributed by atoms with Crippen LogP contribution in [0, 0.1) is 11.8 Å². The van der Waals surface area contributed by atoms with Gasteiger partial charge < -0.3 is 9.32 Å². The van der Waals surface area contributed by atoms with E-state index in [0.29, 0.717) is 11.8 Å². The molecule has 306 valence electrons. The Labute approximate surface area is 371 Å². The molecule has 0 aliphatic heterocycles. The normalized spacial score (nSPS) is 18.5. The summed E-state index contributed by atoms with van der Waals surface area (Å²) in [5.74, 6) is 2.09. The van der Waals surface area contributed by atoms with Crippen LogP contribution in [0.3, 0.4) is 0 Å². The molecule has 3 atom stereocenters. The summed E-state index contributed by atoms with van der Waals surface area (Å²) in [5.41, 5.74) is 21.0. The van der Waals surface area contributed by atoms with E-state index in [4.69, 9.17) is 4.42 Å². The standard InChI is InChI=1S/C61H51NO/c1-39-32-40-34-41(33-39)36-47(35-40)46-24-31-57-54(37-46)60-52(17-11-19-58(60)63-57)45-22-27-49(28-23-45)62(48-25-20-43(21-26-48)42-12-6-4-7-13-42)50-29-30-53-56(38-50)61(2,3)55-18-10-16-51(59(53)55)44-14-8-5-9-15-44/h4-32,37-39,41,47H,33-36H2,1-3H3. The largest absolute Gasteiger partial charge is 0.456 e. The zero-order valence-electron chi connectivity index (χ0n) is 36.3. The number of allylic oxidation sites excluding steroid dienone is 2. The Morgan fingerprint density at radius 3 is 1.90 bits per heavy atom. The highest BCUT2D eigenvalue weighted by Gasteiger charge is 2.38. The third-order valence-corrected chi connectivity index (χ3v) is 14.6. The Morgan fingerprint density at radius 2 is 1.16 bits per heavy atom. The Kier molecular flexibility index (Phi) is 8.94. The molecule has 63 heavy (non-hydrogen) atoms. The number of benzene rings is 8. The number of nitrogens with zero attached hydrogens (tertiary/aromatic N) is 1. The van der Waals surface area contributed by atoms with Crippen molar-refractivity contribution in [3.8, 4) is 44.5 Å². The highest BCUT2D eigenvalue weighted by Crippen LogP contribution is 2.54. The topological polar surface area (TPSA) is 16.4 Å². The average molecular weight is 814 g/mol. The molecule has 1 fully saturated rings. The lowest BCUT2D eigenvalue weighted by molar-refractivity contribution is 0.309. The molecule has 0 radical (unpaired) electrons. The van der Waals surface area contributed by atoms with Gasteiger partial charge >= 0.3 is 0 Å². The van der Waals surface area contributed by atoms with Crippen molar-refractivity contribution in [2.45, 2.75) is 57.8 Å². The summed E-state index contributed by atoms with van der Waals surface area (Å²) in [5, 5.41) is 2.42. The minimum Gasteiger partial charge on any atom is -0.456 e. The van der Waals surface area contributed by atoms with Gasteiger partial charge in [0.1, 0.15) is 11.2 Å². The second kappa shape index (κ2) is 14.9. The van der Waals surface area contributed by atoms with E-state index >= 15 is 0 Å². The lowest BCUT2D eigenvalue weighted by Gasteiger charge is -2.36. The van der Waals surface area contributed by atoms with Gasteiger partial charge in [0.15, 0.2) is 0 Å². The fraction of sp³-hybridized carbons (Fsp3) is 0.180. The van der Waals surface area contributed by atoms with E-state index in [1.54, 1.807) is 5.57 Å². The van der Waals surface area contributed by atoms with Gasteiger partial charge in [-0.25, -0.2) is 0 Å². The zero-order chi connectivity index (χ0) is 42.2. The Hall–Kier alpha value is -6.90.